The Kier molecular flexibility index (Phi) is 6.66. The van der Waals surface area contributed by atoms with Crippen molar-refractivity contribution in [2.75, 3.05) is 18.4 Å². The summed E-state index contributed by atoms with van der Waals surface area (Å²) in [5.74, 6) is -0.438. The standard InChI is InChI=1S/C21H21ClN4O3S2/c22-17-10-8-15(9-11-17)20-24-25-21(30-20)23-19(27)16-6-5-7-18(14-16)31(28,29)26-12-3-1-2-4-13-26/h5-11,14H,1-4,12-13H2,(H,23,25,27). The first-order chi connectivity index (χ1) is 14.9. The summed E-state index contributed by atoms with van der Waals surface area (Å²) in [6, 6.07) is 13.3. The highest BCUT2D eigenvalue weighted by Gasteiger charge is 2.26. The van der Waals surface area contributed by atoms with Crippen LogP contribution in [0, 0.1) is 0 Å². The van der Waals surface area contributed by atoms with Gasteiger partial charge in [0.15, 0.2) is 0 Å². The second-order valence-corrected chi connectivity index (χ2v) is 10.6. The maximum Gasteiger partial charge on any atom is 0.257 e. The minimum Gasteiger partial charge on any atom is -0.296 e. The minimum absolute atomic E-state index is 0.126. The molecule has 31 heavy (non-hydrogen) atoms. The van der Waals surface area contributed by atoms with E-state index in [1.165, 1.54) is 27.8 Å². The Labute approximate surface area is 190 Å². The van der Waals surface area contributed by atoms with Gasteiger partial charge in [-0.15, -0.1) is 10.2 Å². The predicted molar refractivity (Wildman–Crippen MR) is 122 cm³/mol. The van der Waals surface area contributed by atoms with E-state index in [1.807, 2.05) is 12.1 Å². The molecule has 2 heterocycles. The van der Waals surface area contributed by atoms with Gasteiger partial charge in [-0.05, 0) is 43.2 Å². The van der Waals surface area contributed by atoms with Crippen molar-refractivity contribution in [3.05, 3.63) is 59.1 Å². The molecule has 0 atom stereocenters. The van der Waals surface area contributed by atoms with E-state index in [1.54, 1.807) is 24.3 Å². The molecule has 1 aliphatic heterocycles. The third-order valence-corrected chi connectivity index (χ3v) is 8.07. The first-order valence-corrected chi connectivity index (χ1v) is 12.6. The van der Waals surface area contributed by atoms with Gasteiger partial charge in [-0.3, -0.25) is 10.1 Å². The number of carbonyl (C=O) groups is 1. The van der Waals surface area contributed by atoms with Crippen LogP contribution < -0.4 is 5.32 Å². The van der Waals surface area contributed by atoms with E-state index in [-0.39, 0.29) is 10.5 Å². The molecule has 1 N–H and O–H groups in total. The third-order valence-electron chi connectivity index (χ3n) is 5.04. The Morgan fingerprint density at radius 2 is 1.71 bits per heavy atom. The lowest BCUT2D eigenvalue weighted by Gasteiger charge is -2.20. The van der Waals surface area contributed by atoms with E-state index in [2.05, 4.69) is 15.5 Å². The average molecular weight is 477 g/mol. The Balaban J connectivity index is 1.50. The molecule has 0 saturated carbocycles. The van der Waals surface area contributed by atoms with Crippen LogP contribution in [0.25, 0.3) is 10.6 Å². The Morgan fingerprint density at radius 1 is 1.00 bits per heavy atom. The summed E-state index contributed by atoms with van der Waals surface area (Å²) in [5, 5.41) is 12.4. The lowest BCUT2D eigenvalue weighted by atomic mass is 10.2. The molecule has 1 fully saturated rings. The van der Waals surface area contributed by atoms with Crippen LogP contribution in [0.2, 0.25) is 5.02 Å². The molecule has 1 saturated heterocycles. The summed E-state index contributed by atoms with van der Waals surface area (Å²) in [6.07, 6.45) is 3.78. The number of anilines is 1. The minimum atomic E-state index is -3.63. The van der Waals surface area contributed by atoms with Gasteiger partial charge in [-0.2, -0.15) is 4.31 Å². The fraction of sp³-hybridized carbons (Fsp3) is 0.286. The van der Waals surface area contributed by atoms with Crippen LogP contribution in [-0.4, -0.2) is 41.9 Å². The SMILES string of the molecule is O=C(Nc1nnc(-c2ccc(Cl)cc2)s1)c1cccc(S(=O)(=O)N2CCCCCC2)c1. The molecular weight excluding hydrogens is 456 g/mol. The number of carbonyl (C=O) groups excluding carboxylic acids is 1. The van der Waals surface area contributed by atoms with E-state index >= 15 is 0 Å². The Morgan fingerprint density at radius 3 is 2.42 bits per heavy atom. The first-order valence-electron chi connectivity index (χ1n) is 9.94. The van der Waals surface area contributed by atoms with Crippen molar-refractivity contribution in [2.45, 2.75) is 30.6 Å². The number of nitrogens with zero attached hydrogens (tertiary/aromatic N) is 3. The van der Waals surface area contributed by atoms with Crippen LogP contribution in [0.4, 0.5) is 5.13 Å². The van der Waals surface area contributed by atoms with Crippen molar-refractivity contribution >= 4 is 44.0 Å². The zero-order valence-corrected chi connectivity index (χ0v) is 19.0. The smallest absolute Gasteiger partial charge is 0.257 e. The van der Waals surface area contributed by atoms with Crippen LogP contribution in [0.1, 0.15) is 36.0 Å². The molecule has 0 radical (unpaired) electrons. The highest BCUT2D eigenvalue weighted by Crippen LogP contribution is 2.28. The summed E-state index contributed by atoms with van der Waals surface area (Å²) < 4.78 is 27.6. The van der Waals surface area contributed by atoms with Crippen molar-refractivity contribution < 1.29 is 13.2 Å². The molecule has 0 spiro atoms. The third kappa shape index (κ3) is 5.12. The monoisotopic (exact) mass is 476 g/mol. The Bertz CT molecular complexity index is 1170. The van der Waals surface area contributed by atoms with Crippen molar-refractivity contribution in [3.8, 4) is 10.6 Å². The van der Waals surface area contributed by atoms with Gasteiger partial charge in [0.1, 0.15) is 5.01 Å². The molecule has 162 valence electrons. The molecule has 1 aliphatic rings. The van der Waals surface area contributed by atoms with Gasteiger partial charge in [-0.25, -0.2) is 8.42 Å². The molecule has 1 aromatic heterocycles. The van der Waals surface area contributed by atoms with Crippen molar-refractivity contribution in [2.24, 2.45) is 0 Å². The average Bonchev–Trinajstić information content (AvgIpc) is 3.05. The van der Waals surface area contributed by atoms with E-state index in [9.17, 15) is 13.2 Å². The summed E-state index contributed by atoms with van der Waals surface area (Å²) in [4.78, 5) is 12.8. The number of nitrogens with one attached hydrogen (secondary N) is 1. The largest absolute Gasteiger partial charge is 0.296 e. The normalized spacial score (nSPS) is 15.4. The first kappa shape index (κ1) is 21.9. The molecule has 0 aliphatic carbocycles. The number of hydrogen-bond donors (Lipinski definition) is 1. The van der Waals surface area contributed by atoms with Gasteiger partial charge >= 0.3 is 0 Å². The number of amides is 1. The Hall–Kier alpha value is -2.33. The zero-order chi connectivity index (χ0) is 21.8. The maximum atomic E-state index is 13.0. The molecular formula is C21H21ClN4O3S2. The summed E-state index contributed by atoms with van der Waals surface area (Å²) in [6.45, 7) is 1.02. The van der Waals surface area contributed by atoms with E-state index in [4.69, 9.17) is 11.6 Å². The summed E-state index contributed by atoms with van der Waals surface area (Å²) in [7, 11) is -3.63. The van der Waals surface area contributed by atoms with Crippen LogP contribution in [0.15, 0.2) is 53.4 Å². The molecule has 3 aromatic rings. The van der Waals surface area contributed by atoms with Crippen LogP contribution >= 0.6 is 22.9 Å². The van der Waals surface area contributed by atoms with Gasteiger partial charge < -0.3 is 0 Å². The molecule has 7 nitrogen and oxygen atoms in total. The van der Waals surface area contributed by atoms with Gasteiger partial charge in [0.2, 0.25) is 15.2 Å². The zero-order valence-electron chi connectivity index (χ0n) is 16.6. The topological polar surface area (TPSA) is 92.3 Å². The predicted octanol–water partition coefficient (Wildman–Crippen LogP) is 4.68. The second-order valence-electron chi connectivity index (χ2n) is 7.22. The summed E-state index contributed by atoms with van der Waals surface area (Å²) in [5.41, 5.74) is 1.09. The number of benzene rings is 2. The molecule has 0 unspecified atom stereocenters. The van der Waals surface area contributed by atoms with E-state index in [0.29, 0.717) is 28.3 Å². The number of hydrogen-bond acceptors (Lipinski definition) is 6. The van der Waals surface area contributed by atoms with Gasteiger partial charge in [0.05, 0.1) is 4.90 Å². The van der Waals surface area contributed by atoms with E-state index < -0.39 is 15.9 Å². The number of aromatic nitrogens is 2. The van der Waals surface area contributed by atoms with Crippen LogP contribution in [0.3, 0.4) is 0 Å². The quantitative estimate of drug-likeness (QED) is 0.577. The van der Waals surface area contributed by atoms with Crippen LogP contribution in [-0.2, 0) is 10.0 Å². The second kappa shape index (κ2) is 9.44. The maximum absolute atomic E-state index is 13.0. The lowest BCUT2D eigenvalue weighted by Crippen LogP contribution is -2.32. The molecule has 2 aromatic carbocycles. The summed E-state index contributed by atoms with van der Waals surface area (Å²) >= 11 is 7.13. The van der Waals surface area contributed by atoms with Crippen molar-refractivity contribution in [1.82, 2.24) is 14.5 Å². The lowest BCUT2D eigenvalue weighted by molar-refractivity contribution is 0.102. The highest BCUT2D eigenvalue weighted by molar-refractivity contribution is 7.89. The number of sulfonamides is 1. The fourth-order valence-corrected chi connectivity index (χ4v) is 5.81. The molecule has 4 rings (SSSR count). The molecule has 1 amide bonds. The van der Waals surface area contributed by atoms with Crippen LogP contribution in [0.5, 0.6) is 0 Å². The molecule has 0 bridgehead atoms. The molecule has 10 heteroatoms. The van der Waals surface area contributed by atoms with E-state index in [0.717, 1.165) is 31.2 Å². The van der Waals surface area contributed by atoms with Gasteiger partial charge in [-0.1, -0.05) is 54.0 Å². The fourth-order valence-electron chi connectivity index (χ4n) is 3.38. The van der Waals surface area contributed by atoms with Crippen molar-refractivity contribution in [1.29, 1.82) is 0 Å². The van der Waals surface area contributed by atoms with Gasteiger partial charge in [0, 0.05) is 29.2 Å². The highest BCUT2D eigenvalue weighted by atomic mass is 35.5. The number of rotatable bonds is 5. The van der Waals surface area contributed by atoms with Gasteiger partial charge in [0.25, 0.3) is 5.91 Å². The number of halogens is 1. The van der Waals surface area contributed by atoms with Crippen molar-refractivity contribution in [3.63, 3.8) is 0 Å².